The van der Waals surface area contributed by atoms with Gasteiger partial charge in [0.1, 0.15) is 16.9 Å². The van der Waals surface area contributed by atoms with Crippen LogP contribution >= 0.6 is 11.8 Å². The predicted molar refractivity (Wildman–Crippen MR) is 109 cm³/mol. The first-order valence-electron chi connectivity index (χ1n) is 9.31. The van der Waals surface area contributed by atoms with Crippen molar-refractivity contribution in [2.24, 2.45) is 4.99 Å². The van der Waals surface area contributed by atoms with Crippen molar-refractivity contribution in [2.75, 3.05) is 5.32 Å². The lowest BCUT2D eigenvalue weighted by Gasteiger charge is -2.15. The number of nitrogens with one attached hydrogen (secondary N) is 1. The smallest absolute Gasteiger partial charge is 0.242 e. The summed E-state index contributed by atoms with van der Waals surface area (Å²) in [4.78, 5) is 31.3. The molecule has 1 aliphatic carbocycles. The molecular weight excluding hydrogens is 396 g/mol. The summed E-state index contributed by atoms with van der Waals surface area (Å²) in [5, 5.41) is 2.34. The van der Waals surface area contributed by atoms with E-state index < -0.39 is 17.0 Å². The third kappa shape index (κ3) is 4.32. The minimum Gasteiger partial charge on any atom is -0.324 e. The molecule has 2 fully saturated rings. The van der Waals surface area contributed by atoms with E-state index in [1.807, 2.05) is 0 Å². The molecule has 2 aromatic rings. The van der Waals surface area contributed by atoms with Crippen molar-refractivity contribution in [3.63, 3.8) is 0 Å². The predicted octanol–water partition coefficient (Wildman–Crippen LogP) is 4.40. The SMILES string of the molecule is Cc1ccc(N=C2S[C@@H](CC(=O)Nc3ccccc3F)C(=O)N2C2CC2)cc1F. The number of hydrogen-bond acceptors (Lipinski definition) is 4. The van der Waals surface area contributed by atoms with Gasteiger partial charge in [0.05, 0.1) is 11.4 Å². The molecule has 1 atom stereocenters. The van der Waals surface area contributed by atoms with Gasteiger partial charge in [-0.3, -0.25) is 14.5 Å². The Morgan fingerprint density at radius 3 is 2.66 bits per heavy atom. The summed E-state index contributed by atoms with van der Waals surface area (Å²) in [7, 11) is 0. The molecule has 150 valence electrons. The molecule has 0 radical (unpaired) electrons. The van der Waals surface area contributed by atoms with Gasteiger partial charge in [-0.05, 0) is 49.6 Å². The molecule has 0 bridgehead atoms. The summed E-state index contributed by atoms with van der Waals surface area (Å²) >= 11 is 1.19. The van der Waals surface area contributed by atoms with Crippen LogP contribution in [0.1, 0.15) is 24.8 Å². The number of hydrogen-bond donors (Lipinski definition) is 1. The quantitative estimate of drug-likeness (QED) is 0.788. The lowest BCUT2D eigenvalue weighted by molar-refractivity contribution is -0.128. The van der Waals surface area contributed by atoms with Gasteiger partial charge in [0.15, 0.2) is 5.17 Å². The monoisotopic (exact) mass is 415 g/mol. The summed E-state index contributed by atoms with van der Waals surface area (Å²) in [6, 6.07) is 10.6. The summed E-state index contributed by atoms with van der Waals surface area (Å²) in [5.74, 6) is -1.53. The number of rotatable bonds is 5. The highest BCUT2D eigenvalue weighted by Gasteiger charge is 2.46. The van der Waals surface area contributed by atoms with Gasteiger partial charge in [0, 0.05) is 12.5 Å². The van der Waals surface area contributed by atoms with E-state index in [9.17, 15) is 18.4 Å². The molecule has 0 unspecified atom stereocenters. The first kappa shape index (κ1) is 19.6. The van der Waals surface area contributed by atoms with Gasteiger partial charge < -0.3 is 5.32 Å². The van der Waals surface area contributed by atoms with Crippen molar-refractivity contribution in [3.05, 3.63) is 59.7 Å². The highest BCUT2D eigenvalue weighted by Crippen LogP contribution is 2.39. The standard InChI is InChI=1S/C21H19F2N3O2S/c1-12-6-7-13(10-16(12)23)24-21-26(14-8-9-14)20(28)18(29-21)11-19(27)25-17-5-3-2-4-15(17)22/h2-7,10,14,18H,8-9,11H2,1H3,(H,25,27)/t18-/m0/s1. The van der Waals surface area contributed by atoms with Crippen molar-refractivity contribution in [2.45, 2.75) is 37.5 Å². The molecule has 2 amide bonds. The fourth-order valence-electron chi connectivity index (χ4n) is 3.06. The molecule has 1 saturated heterocycles. The molecule has 1 aliphatic heterocycles. The number of halogens is 2. The summed E-state index contributed by atoms with van der Waals surface area (Å²) < 4.78 is 27.6. The number of carbonyl (C=O) groups is 2. The van der Waals surface area contributed by atoms with E-state index in [1.54, 1.807) is 30.0 Å². The zero-order valence-electron chi connectivity index (χ0n) is 15.7. The Bertz CT molecular complexity index is 1010. The molecule has 8 heteroatoms. The van der Waals surface area contributed by atoms with Gasteiger partial charge in [-0.15, -0.1) is 0 Å². The first-order chi connectivity index (χ1) is 13.9. The lowest BCUT2D eigenvalue weighted by Crippen LogP contribution is -2.35. The maximum absolute atomic E-state index is 13.8. The van der Waals surface area contributed by atoms with E-state index in [2.05, 4.69) is 10.3 Å². The second-order valence-electron chi connectivity index (χ2n) is 7.11. The van der Waals surface area contributed by atoms with Crippen LogP contribution < -0.4 is 5.32 Å². The van der Waals surface area contributed by atoms with Crippen LogP contribution in [0.3, 0.4) is 0 Å². The van der Waals surface area contributed by atoms with E-state index in [0.717, 1.165) is 12.8 Å². The summed E-state index contributed by atoms with van der Waals surface area (Å²) in [6.07, 6.45) is 1.66. The number of anilines is 1. The fraction of sp³-hybridized carbons (Fsp3) is 0.286. The number of thioether (sulfide) groups is 1. The van der Waals surface area contributed by atoms with Crippen molar-refractivity contribution >= 4 is 40.1 Å². The van der Waals surface area contributed by atoms with Crippen LogP contribution in [0.25, 0.3) is 0 Å². The minimum atomic E-state index is -0.642. The van der Waals surface area contributed by atoms with E-state index in [-0.39, 0.29) is 29.9 Å². The molecule has 5 nitrogen and oxygen atoms in total. The number of carbonyl (C=O) groups excluding carboxylic acids is 2. The van der Waals surface area contributed by atoms with Gasteiger partial charge in [-0.1, -0.05) is 30.0 Å². The third-order valence-corrected chi connectivity index (χ3v) is 5.93. The van der Waals surface area contributed by atoms with Gasteiger partial charge in [-0.25, -0.2) is 13.8 Å². The Labute approximate surface area is 171 Å². The van der Waals surface area contributed by atoms with Crippen molar-refractivity contribution in [1.82, 2.24) is 4.90 Å². The molecule has 0 spiro atoms. The molecule has 4 rings (SSSR count). The maximum Gasteiger partial charge on any atom is 0.242 e. The fourth-order valence-corrected chi connectivity index (χ4v) is 4.27. The minimum absolute atomic E-state index is 0.0728. The normalized spacial score (nSPS) is 20.4. The number of para-hydroxylation sites is 1. The Kier molecular flexibility index (Phi) is 5.36. The number of aliphatic imine (C=N–C) groups is 1. The van der Waals surface area contributed by atoms with Gasteiger partial charge in [-0.2, -0.15) is 0 Å². The number of aryl methyl sites for hydroxylation is 1. The molecular formula is C21H19F2N3O2S. The zero-order chi connectivity index (χ0) is 20.5. The van der Waals surface area contributed by atoms with Crippen LogP contribution in [-0.4, -0.2) is 33.2 Å². The van der Waals surface area contributed by atoms with Crippen LogP contribution in [0.15, 0.2) is 47.5 Å². The van der Waals surface area contributed by atoms with E-state index in [1.165, 1.54) is 36.0 Å². The van der Waals surface area contributed by atoms with Crippen molar-refractivity contribution < 1.29 is 18.4 Å². The number of nitrogens with zero attached hydrogens (tertiary/aromatic N) is 2. The molecule has 29 heavy (non-hydrogen) atoms. The Balaban J connectivity index is 1.51. The van der Waals surface area contributed by atoms with Crippen LogP contribution in [0.2, 0.25) is 0 Å². The van der Waals surface area contributed by atoms with Gasteiger partial charge in [0.25, 0.3) is 0 Å². The lowest BCUT2D eigenvalue weighted by atomic mass is 10.2. The van der Waals surface area contributed by atoms with Crippen molar-refractivity contribution in [3.8, 4) is 0 Å². The van der Waals surface area contributed by atoms with E-state index >= 15 is 0 Å². The highest BCUT2D eigenvalue weighted by molar-refractivity contribution is 8.15. The first-order valence-corrected chi connectivity index (χ1v) is 10.2. The molecule has 1 saturated carbocycles. The summed E-state index contributed by atoms with van der Waals surface area (Å²) in [6.45, 7) is 1.67. The van der Waals surface area contributed by atoms with Crippen LogP contribution in [0, 0.1) is 18.6 Å². The number of benzene rings is 2. The molecule has 0 aromatic heterocycles. The average molecular weight is 415 g/mol. The second kappa shape index (κ2) is 7.94. The molecule has 2 aliphatic rings. The third-order valence-electron chi connectivity index (χ3n) is 4.78. The van der Waals surface area contributed by atoms with Gasteiger partial charge in [0.2, 0.25) is 11.8 Å². The Morgan fingerprint density at radius 2 is 1.97 bits per heavy atom. The Hall–Kier alpha value is -2.74. The van der Waals surface area contributed by atoms with Gasteiger partial charge >= 0.3 is 0 Å². The second-order valence-corrected chi connectivity index (χ2v) is 8.28. The number of amides is 2. The summed E-state index contributed by atoms with van der Waals surface area (Å²) in [5.41, 5.74) is 1.02. The average Bonchev–Trinajstić information content (AvgIpc) is 3.46. The highest BCUT2D eigenvalue weighted by atomic mass is 32.2. The van der Waals surface area contributed by atoms with E-state index in [0.29, 0.717) is 16.4 Å². The maximum atomic E-state index is 13.8. The largest absolute Gasteiger partial charge is 0.324 e. The molecule has 1 heterocycles. The van der Waals surface area contributed by atoms with Crippen LogP contribution in [-0.2, 0) is 9.59 Å². The topological polar surface area (TPSA) is 61.8 Å². The number of amidine groups is 1. The molecule has 1 N–H and O–H groups in total. The molecule has 2 aromatic carbocycles. The van der Waals surface area contributed by atoms with Crippen LogP contribution in [0.4, 0.5) is 20.2 Å². The van der Waals surface area contributed by atoms with Crippen molar-refractivity contribution in [1.29, 1.82) is 0 Å². The van der Waals surface area contributed by atoms with E-state index in [4.69, 9.17) is 0 Å². The zero-order valence-corrected chi connectivity index (χ0v) is 16.5. The Morgan fingerprint density at radius 1 is 1.21 bits per heavy atom. The van der Waals surface area contributed by atoms with Crippen LogP contribution in [0.5, 0.6) is 0 Å².